The molecule has 3 rings (SSSR count). The van der Waals surface area contributed by atoms with Crippen molar-refractivity contribution in [1.29, 1.82) is 0 Å². The number of benzene rings is 1. The van der Waals surface area contributed by atoms with Gasteiger partial charge in [0.2, 0.25) is 0 Å². The van der Waals surface area contributed by atoms with Crippen molar-refractivity contribution in [3.8, 4) is 0 Å². The lowest BCUT2D eigenvalue weighted by Gasteiger charge is -2.15. The summed E-state index contributed by atoms with van der Waals surface area (Å²) in [6, 6.07) is 7.87. The first kappa shape index (κ1) is 13.0. The molecule has 0 spiro atoms. The molecule has 1 atom stereocenters. The van der Waals surface area contributed by atoms with Crippen LogP contribution in [0.2, 0.25) is 0 Å². The highest BCUT2D eigenvalue weighted by Gasteiger charge is 2.33. The number of rotatable bonds is 1. The Kier molecular flexibility index (Phi) is 3.16. The molecule has 0 bridgehead atoms. The quantitative estimate of drug-likeness (QED) is 0.867. The molecule has 0 fully saturated rings. The number of alkyl halides is 3. The lowest BCUT2D eigenvalue weighted by molar-refractivity contribution is -0.137. The summed E-state index contributed by atoms with van der Waals surface area (Å²) in [7, 11) is 0. The molecule has 2 heterocycles. The summed E-state index contributed by atoms with van der Waals surface area (Å²) in [4.78, 5) is 0. The average molecular weight is 281 g/mol. The van der Waals surface area contributed by atoms with Crippen LogP contribution < -0.4 is 5.32 Å². The molecule has 0 radical (unpaired) electrons. The molecule has 1 aliphatic rings. The van der Waals surface area contributed by atoms with E-state index < -0.39 is 11.7 Å². The van der Waals surface area contributed by atoms with Gasteiger partial charge in [-0.3, -0.25) is 4.68 Å². The second-order valence-corrected chi connectivity index (χ2v) is 4.94. The number of aryl methyl sites for hydroxylation is 1. The van der Waals surface area contributed by atoms with Gasteiger partial charge in [0, 0.05) is 18.4 Å². The number of fused-ring (bicyclic) bond motifs is 1. The molecule has 0 amide bonds. The maximum Gasteiger partial charge on any atom is 0.419 e. The molecule has 1 N–H and O–H groups in total. The zero-order chi connectivity index (χ0) is 14.2. The molecule has 6 heteroatoms. The van der Waals surface area contributed by atoms with E-state index in [1.165, 1.54) is 10.2 Å². The topological polar surface area (TPSA) is 29.9 Å². The van der Waals surface area contributed by atoms with Gasteiger partial charge >= 0.3 is 6.18 Å². The van der Waals surface area contributed by atoms with Gasteiger partial charge in [-0.15, -0.1) is 0 Å². The number of nitrogens with zero attached hydrogens (tertiary/aromatic N) is 2. The van der Waals surface area contributed by atoms with Gasteiger partial charge in [-0.1, -0.05) is 18.2 Å². The maximum absolute atomic E-state index is 12.6. The van der Waals surface area contributed by atoms with Crippen LogP contribution in [0.5, 0.6) is 0 Å². The van der Waals surface area contributed by atoms with Crippen molar-refractivity contribution in [2.75, 3.05) is 11.9 Å². The number of hydrogen-bond acceptors (Lipinski definition) is 2. The van der Waals surface area contributed by atoms with Gasteiger partial charge in [-0.2, -0.15) is 18.3 Å². The van der Waals surface area contributed by atoms with Crippen molar-refractivity contribution in [2.24, 2.45) is 0 Å². The maximum atomic E-state index is 12.6. The Bertz CT molecular complexity index is 577. The first-order valence-corrected chi connectivity index (χ1v) is 6.47. The summed E-state index contributed by atoms with van der Waals surface area (Å²) in [6.07, 6.45) is -0.766. The summed E-state index contributed by atoms with van der Waals surface area (Å²) in [6.45, 7) is 0.579. The SMILES string of the molecule is FC(F)(F)c1cnn(C2CCc3ccccc3NC2)c1. The third-order valence-electron chi connectivity index (χ3n) is 3.60. The van der Waals surface area contributed by atoms with E-state index >= 15 is 0 Å². The second-order valence-electron chi connectivity index (χ2n) is 4.94. The minimum atomic E-state index is -4.33. The van der Waals surface area contributed by atoms with E-state index in [2.05, 4.69) is 10.4 Å². The smallest absolute Gasteiger partial charge is 0.383 e. The van der Waals surface area contributed by atoms with Gasteiger partial charge < -0.3 is 5.32 Å². The molecule has 0 aliphatic carbocycles. The molecule has 1 aliphatic heterocycles. The molecule has 3 nitrogen and oxygen atoms in total. The zero-order valence-corrected chi connectivity index (χ0v) is 10.7. The van der Waals surface area contributed by atoms with E-state index in [1.54, 1.807) is 0 Å². The summed E-state index contributed by atoms with van der Waals surface area (Å²) >= 11 is 0. The van der Waals surface area contributed by atoms with Crippen LogP contribution in [0.3, 0.4) is 0 Å². The number of aromatic nitrogens is 2. The van der Waals surface area contributed by atoms with Crippen molar-refractivity contribution in [3.63, 3.8) is 0 Å². The summed E-state index contributed by atoms with van der Waals surface area (Å²) in [5.74, 6) is 0. The summed E-state index contributed by atoms with van der Waals surface area (Å²) in [5.41, 5.74) is 1.55. The van der Waals surface area contributed by atoms with Crippen molar-refractivity contribution in [3.05, 3.63) is 47.8 Å². The van der Waals surface area contributed by atoms with Crippen molar-refractivity contribution >= 4 is 5.69 Å². The zero-order valence-electron chi connectivity index (χ0n) is 10.7. The monoisotopic (exact) mass is 281 g/mol. The largest absolute Gasteiger partial charge is 0.419 e. The number of para-hydroxylation sites is 1. The molecule has 1 unspecified atom stereocenters. The fourth-order valence-corrected chi connectivity index (χ4v) is 2.47. The van der Waals surface area contributed by atoms with E-state index in [-0.39, 0.29) is 6.04 Å². The van der Waals surface area contributed by atoms with Crippen molar-refractivity contribution in [1.82, 2.24) is 9.78 Å². The fourth-order valence-electron chi connectivity index (χ4n) is 2.47. The van der Waals surface area contributed by atoms with Crippen LogP contribution in [0.25, 0.3) is 0 Å². The molecule has 1 aromatic carbocycles. The van der Waals surface area contributed by atoms with Gasteiger partial charge in [0.25, 0.3) is 0 Å². The Balaban J connectivity index is 1.78. The van der Waals surface area contributed by atoms with Crippen LogP contribution in [0.4, 0.5) is 18.9 Å². The van der Waals surface area contributed by atoms with Gasteiger partial charge in [0.05, 0.1) is 17.8 Å². The Morgan fingerprint density at radius 2 is 2.05 bits per heavy atom. The highest BCUT2D eigenvalue weighted by atomic mass is 19.4. The predicted molar refractivity (Wildman–Crippen MR) is 69.5 cm³/mol. The lowest BCUT2D eigenvalue weighted by Crippen LogP contribution is -2.18. The van der Waals surface area contributed by atoms with Crippen molar-refractivity contribution in [2.45, 2.75) is 25.1 Å². The van der Waals surface area contributed by atoms with E-state index in [9.17, 15) is 13.2 Å². The standard InChI is InChI=1S/C14H14F3N3/c15-14(16,17)11-7-19-20(9-11)12-6-5-10-3-1-2-4-13(10)18-8-12/h1-4,7,9,12,18H,5-6,8H2. The Labute approximate surface area is 114 Å². The van der Waals surface area contributed by atoms with Gasteiger partial charge in [0.15, 0.2) is 0 Å². The molecule has 0 saturated heterocycles. The predicted octanol–water partition coefficient (Wildman–Crippen LogP) is 3.50. The highest BCUT2D eigenvalue weighted by Crippen LogP contribution is 2.31. The Morgan fingerprint density at radius 3 is 2.80 bits per heavy atom. The fraction of sp³-hybridized carbons (Fsp3) is 0.357. The van der Waals surface area contributed by atoms with Crippen LogP contribution in [0, 0.1) is 0 Å². The van der Waals surface area contributed by atoms with Crippen LogP contribution in [-0.2, 0) is 12.6 Å². The molecule has 1 aromatic heterocycles. The van der Waals surface area contributed by atoms with Gasteiger partial charge in [-0.25, -0.2) is 0 Å². The van der Waals surface area contributed by atoms with Crippen LogP contribution in [0.1, 0.15) is 23.6 Å². The minimum absolute atomic E-state index is 0.0708. The first-order chi connectivity index (χ1) is 9.54. The van der Waals surface area contributed by atoms with Gasteiger partial charge in [-0.05, 0) is 24.5 Å². The number of anilines is 1. The highest BCUT2D eigenvalue weighted by molar-refractivity contribution is 5.52. The first-order valence-electron chi connectivity index (χ1n) is 6.47. The van der Waals surface area contributed by atoms with Crippen LogP contribution in [-0.4, -0.2) is 16.3 Å². The summed E-state index contributed by atoms with van der Waals surface area (Å²) < 4.78 is 39.2. The third kappa shape index (κ3) is 2.50. The van der Waals surface area contributed by atoms with E-state index in [0.29, 0.717) is 6.54 Å². The molecule has 20 heavy (non-hydrogen) atoms. The normalized spacial score (nSPS) is 19.1. The molecular formula is C14H14F3N3. The average Bonchev–Trinajstić information content (AvgIpc) is 2.81. The van der Waals surface area contributed by atoms with E-state index in [4.69, 9.17) is 0 Å². The number of hydrogen-bond donors (Lipinski definition) is 1. The number of nitrogens with one attached hydrogen (secondary N) is 1. The van der Waals surface area contributed by atoms with Crippen LogP contribution in [0.15, 0.2) is 36.7 Å². The molecule has 106 valence electrons. The molecule has 2 aromatic rings. The molecule has 0 saturated carbocycles. The third-order valence-corrected chi connectivity index (χ3v) is 3.60. The summed E-state index contributed by atoms with van der Waals surface area (Å²) in [5, 5.41) is 7.15. The van der Waals surface area contributed by atoms with Crippen molar-refractivity contribution < 1.29 is 13.2 Å². The second kappa shape index (κ2) is 4.85. The minimum Gasteiger partial charge on any atom is -0.383 e. The Hall–Kier alpha value is -1.98. The van der Waals surface area contributed by atoms with E-state index in [0.717, 1.165) is 30.9 Å². The lowest BCUT2D eigenvalue weighted by atomic mass is 10.1. The van der Waals surface area contributed by atoms with E-state index in [1.807, 2.05) is 24.3 Å². The van der Waals surface area contributed by atoms with Crippen LogP contribution >= 0.6 is 0 Å². The Morgan fingerprint density at radius 1 is 1.25 bits per heavy atom. The number of halogens is 3. The van der Waals surface area contributed by atoms with Gasteiger partial charge in [0.1, 0.15) is 0 Å². The molecular weight excluding hydrogens is 267 g/mol.